The minimum absolute atomic E-state index is 0.188. The Balaban J connectivity index is 2.23. The molecule has 1 aromatic heterocycles. The zero-order valence-corrected chi connectivity index (χ0v) is 11.1. The van der Waals surface area contributed by atoms with Crippen LogP contribution in [0.4, 0.5) is 4.39 Å². The molecular formula is C14H12ClFN2O. The van der Waals surface area contributed by atoms with Gasteiger partial charge in [-0.15, -0.1) is 0 Å². The van der Waals surface area contributed by atoms with Gasteiger partial charge < -0.3 is 4.98 Å². The molecule has 0 spiro atoms. The summed E-state index contributed by atoms with van der Waals surface area (Å²) in [6.45, 7) is 1.67. The van der Waals surface area contributed by atoms with Gasteiger partial charge in [0.15, 0.2) is 0 Å². The van der Waals surface area contributed by atoms with Gasteiger partial charge in [0.1, 0.15) is 11.6 Å². The maximum Gasteiger partial charge on any atom is 0.254 e. The molecule has 1 heterocycles. The Morgan fingerprint density at radius 2 is 2.16 bits per heavy atom. The monoisotopic (exact) mass is 278 g/mol. The van der Waals surface area contributed by atoms with Crippen molar-refractivity contribution >= 4 is 11.6 Å². The number of aromatic nitrogens is 2. The fraction of sp³-hybridized carbons (Fsp3) is 0.286. The van der Waals surface area contributed by atoms with Crippen molar-refractivity contribution in [3.63, 3.8) is 0 Å². The van der Waals surface area contributed by atoms with E-state index in [1.165, 1.54) is 18.2 Å². The van der Waals surface area contributed by atoms with Crippen molar-refractivity contribution in [3.8, 4) is 11.3 Å². The lowest BCUT2D eigenvalue weighted by atomic mass is 10.1. The minimum atomic E-state index is -0.395. The summed E-state index contributed by atoms with van der Waals surface area (Å²) >= 11 is 6.08. The van der Waals surface area contributed by atoms with Crippen LogP contribution in [0.1, 0.15) is 30.1 Å². The standard InChI is InChI=1S/C14H12ClFN2O/c1-7-12(10-6-9(16)4-5-11(10)15)17-13(8-2-3-8)18-14(7)19/h4-6,8H,2-3H2,1H3,(H,17,18,19). The fourth-order valence-corrected chi connectivity index (χ4v) is 2.25. The van der Waals surface area contributed by atoms with Crippen molar-refractivity contribution in [2.24, 2.45) is 0 Å². The first-order valence-corrected chi connectivity index (χ1v) is 6.50. The SMILES string of the molecule is Cc1c(-c2cc(F)ccc2Cl)nc(C2CC2)[nH]c1=O. The maximum atomic E-state index is 13.4. The third kappa shape index (κ3) is 2.28. The van der Waals surface area contributed by atoms with E-state index in [0.29, 0.717) is 33.6 Å². The Hall–Kier alpha value is -1.68. The smallest absolute Gasteiger partial charge is 0.254 e. The van der Waals surface area contributed by atoms with E-state index in [-0.39, 0.29) is 5.56 Å². The molecule has 0 amide bonds. The van der Waals surface area contributed by atoms with Gasteiger partial charge in [-0.2, -0.15) is 0 Å². The van der Waals surface area contributed by atoms with Crippen molar-refractivity contribution in [1.29, 1.82) is 0 Å². The third-order valence-electron chi connectivity index (χ3n) is 3.32. The number of nitrogens with zero attached hydrogens (tertiary/aromatic N) is 1. The Morgan fingerprint density at radius 1 is 1.42 bits per heavy atom. The third-order valence-corrected chi connectivity index (χ3v) is 3.65. The number of hydrogen-bond donors (Lipinski definition) is 1. The fourth-order valence-electron chi connectivity index (χ4n) is 2.04. The van der Waals surface area contributed by atoms with Crippen LogP contribution in [-0.4, -0.2) is 9.97 Å². The molecule has 0 unspecified atom stereocenters. The van der Waals surface area contributed by atoms with Crippen molar-refractivity contribution < 1.29 is 4.39 Å². The Labute approximate surface area is 114 Å². The topological polar surface area (TPSA) is 45.8 Å². The van der Waals surface area contributed by atoms with Gasteiger partial charge in [0, 0.05) is 17.0 Å². The van der Waals surface area contributed by atoms with Gasteiger partial charge in [0.2, 0.25) is 0 Å². The van der Waals surface area contributed by atoms with Gasteiger partial charge in [0.05, 0.1) is 10.7 Å². The largest absolute Gasteiger partial charge is 0.310 e. The molecule has 1 aromatic carbocycles. The lowest BCUT2D eigenvalue weighted by Crippen LogP contribution is -2.15. The van der Waals surface area contributed by atoms with Gasteiger partial charge in [-0.3, -0.25) is 4.79 Å². The van der Waals surface area contributed by atoms with Crippen LogP contribution in [0.5, 0.6) is 0 Å². The van der Waals surface area contributed by atoms with E-state index in [2.05, 4.69) is 9.97 Å². The van der Waals surface area contributed by atoms with E-state index in [9.17, 15) is 9.18 Å². The van der Waals surface area contributed by atoms with Crippen molar-refractivity contribution in [2.75, 3.05) is 0 Å². The summed E-state index contributed by atoms with van der Waals surface area (Å²) in [5, 5.41) is 0.393. The summed E-state index contributed by atoms with van der Waals surface area (Å²) in [7, 11) is 0. The average molecular weight is 279 g/mol. The quantitative estimate of drug-likeness (QED) is 0.915. The molecule has 0 atom stereocenters. The number of aromatic amines is 1. The highest BCUT2D eigenvalue weighted by atomic mass is 35.5. The summed E-state index contributed by atoms with van der Waals surface area (Å²) in [4.78, 5) is 19.2. The molecule has 0 bridgehead atoms. The second kappa shape index (κ2) is 4.46. The van der Waals surface area contributed by atoms with Crippen LogP contribution < -0.4 is 5.56 Å². The number of H-pyrrole nitrogens is 1. The predicted molar refractivity (Wildman–Crippen MR) is 72.0 cm³/mol. The number of nitrogens with one attached hydrogen (secondary N) is 1. The van der Waals surface area contributed by atoms with Crippen LogP contribution in [-0.2, 0) is 0 Å². The first-order chi connectivity index (χ1) is 9.06. The molecule has 1 aliphatic carbocycles. The van der Waals surface area contributed by atoms with Crippen LogP contribution in [0, 0.1) is 12.7 Å². The highest BCUT2D eigenvalue weighted by Crippen LogP contribution is 2.38. The van der Waals surface area contributed by atoms with E-state index in [1.807, 2.05) is 0 Å². The van der Waals surface area contributed by atoms with E-state index in [1.54, 1.807) is 6.92 Å². The first kappa shape index (κ1) is 12.4. The van der Waals surface area contributed by atoms with E-state index < -0.39 is 5.82 Å². The van der Waals surface area contributed by atoms with Crippen LogP contribution in [0.2, 0.25) is 5.02 Å². The van der Waals surface area contributed by atoms with Crippen molar-refractivity contribution in [2.45, 2.75) is 25.7 Å². The van der Waals surface area contributed by atoms with E-state index in [4.69, 9.17) is 11.6 Å². The minimum Gasteiger partial charge on any atom is -0.310 e. The van der Waals surface area contributed by atoms with Crippen LogP contribution in [0.25, 0.3) is 11.3 Å². The molecule has 98 valence electrons. The lowest BCUT2D eigenvalue weighted by Gasteiger charge is -2.09. The van der Waals surface area contributed by atoms with E-state index in [0.717, 1.165) is 12.8 Å². The van der Waals surface area contributed by atoms with Crippen molar-refractivity contribution in [3.05, 3.63) is 50.8 Å². The number of halogens is 2. The van der Waals surface area contributed by atoms with Crippen LogP contribution >= 0.6 is 11.6 Å². The van der Waals surface area contributed by atoms with Gasteiger partial charge in [0.25, 0.3) is 5.56 Å². The number of benzene rings is 1. The number of rotatable bonds is 2. The Morgan fingerprint density at radius 3 is 2.84 bits per heavy atom. The molecule has 0 aliphatic heterocycles. The van der Waals surface area contributed by atoms with Crippen molar-refractivity contribution in [1.82, 2.24) is 9.97 Å². The van der Waals surface area contributed by atoms with Gasteiger partial charge in [-0.05, 0) is 38.0 Å². The van der Waals surface area contributed by atoms with Gasteiger partial charge in [-0.25, -0.2) is 9.37 Å². The number of hydrogen-bond acceptors (Lipinski definition) is 2. The molecule has 0 radical (unpaired) electrons. The Bertz CT molecular complexity index is 707. The highest BCUT2D eigenvalue weighted by molar-refractivity contribution is 6.33. The van der Waals surface area contributed by atoms with Gasteiger partial charge >= 0.3 is 0 Å². The summed E-state index contributed by atoms with van der Waals surface area (Å²) in [5.41, 5.74) is 1.20. The predicted octanol–water partition coefficient (Wildman–Crippen LogP) is 3.42. The summed E-state index contributed by atoms with van der Waals surface area (Å²) < 4.78 is 13.4. The molecule has 5 heteroatoms. The molecule has 0 saturated heterocycles. The Kier molecular flexibility index (Phi) is 2.90. The van der Waals surface area contributed by atoms with Gasteiger partial charge in [-0.1, -0.05) is 11.6 Å². The normalized spacial score (nSPS) is 14.7. The second-order valence-corrected chi connectivity index (χ2v) is 5.23. The first-order valence-electron chi connectivity index (χ1n) is 6.12. The lowest BCUT2D eigenvalue weighted by molar-refractivity contribution is 0.628. The zero-order chi connectivity index (χ0) is 13.6. The zero-order valence-electron chi connectivity index (χ0n) is 10.3. The molecule has 3 rings (SSSR count). The molecule has 1 N–H and O–H groups in total. The highest BCUT2D eigenvalue weighted by Gasteiger charge is 2.27. The molecule has 2 aromatic rings. The second-order valence-electron chi connectivity index (χ2n) is 4.82. The maximum absolute atomic E-state index is 13.4. The van der Waals surface area contributed by atoms with Crippen LogP contribution in [0.3, 0.4) is 0 Å². The summed E-state index contributed by atoms with van der Waals surface area (Å²) in [5.74, 6) is 0.596. The summed E-state index contributed by atoms with van der Waals surface area (Å²) in [6.07, 6.45) is 2.06. The molecule has 1 saturated carbocycles. The molecule has 1 aliphatic rings. The van der Waals surface area contributed by atoms with E-state index >= 15 is 0 Å². The summed E-state index contributed by atoms with van der Waals surface area (Å²) in [6, 6.07) is 4.08. The molecule has 19 heavy (non-hydrogen) atoms. The molecule has 3 nitrogen and oxygen atoms in total. The molecule has 1 fully saturated rings. The molecular weight excluding hydrogens is 267 g/mol. The average Bonchev–Trinajstić information content (AvgIpc) is 3.20. The van der Waals surface area contributed by atoms with Crippen LogP contribution in [0.15, 0.2) is 23.0 Å².